The van der Waals surface area contributed by atoms with Gasteiger partial charge in [-0.2, -0.15) is 0 Å². The lowest BCUT2D eigenvalue weighted by atomic mass is 10.2. The minimum Gasteiger partial charge on any atom is -0.480 e. The minimum atomic E-state index is -0.995. The fourth-order valence-corrected chi connectivity index (χ4v) is 2.27. The van der Waals surface area contributed by atoms with Gasteiger partial charge in [0.2, 0.25) is 0 Å². The lowest BCUT2D eigenvalue weighted by Gasteiger charge is -2.11. The molecular weight excluding hydrogens is 226 g/mol. The fraction of sp³-hybridized carbons (Fsp3) is 0.455. The zero-order valence-electron chi connectivity index (χ0n) is 9.32. The van der Waals surface area contributed by atoms with Gasteiger partial charge in [0, 0.05) is 0 Å². The second-order valence-electron chi connectivity index (χ2n) is 3.40. The maximum absolute atomic E-state index is 11.8. The molecule has 0 aromatic carbocycles. The molecule has 0 radical (unpaired) electrons. The van der Waals surface area contributed by atoms with Gasteiger partial charge in [0.25, 0.3) is 5.91 Å². The van der Waals surface area contributed by atoms with Crippen LogP contribution in [0.4, 0.5) is 0 Å². The molecular formula is C11H15NO3S. The number of carbonyl (C=O) groups excluding carboxylic acids is 1. The van der Waals surface area contributed by atoms with E-state index in [1.54, 1.807) is 6.92 Å². The molecule has 0 bridgehead atoms. The molecule has 0 aliphatic carbocycles. The summed E-state index contributed by atoms with van der Waals surface area (Å²) in [5.41, 5.74) is 0.961. The Labute approximate surface area is 98.3 Å². The highest BCUT2D eigenvalue weighted by Crippen LogP contribution is 2.17. The maximum atomic E-state index is 11.8. The van der Waals surface area contributed by atoms with Crippen LogP contribution in [0.5, 0.6) is 0 Å². The second-order valence-corrected chi connectivity index (χ2v) is 4.32. The van der Waals surface area contributed by atoms with Gasteiger partial charge in [0.1, 0.15) is 6.04 Å². The summed E-state index contributed by atoms with van der Waals surface area (Å²) in [6.07, 6.45) is 1.16. The van der Waals surface area contributed by atoms with Crippen LogP contribution in [0.1, 0.15) is 35.5 Å². The van der Waals surface area contributed by atoms with Crippen molar-refractivity contribution in [1.29, 1.82) is 0 Å². The quantitative estimate of drug-likeness (QED) is 0.827. The first-order chi connectivity index (χ1) is 7.60. The Bertz CT molecular complexity index is 386. The van der Waals surface area contributed by atoms with Crippen LogP contribution >= 0.6 is 11.3 Å². The predicted molar refractivity (Wildman–Crippen MR) is 62.9 cm³/mol. The van der Waals surface area contributed by atoms with E-state index in [4.69, 9.17) is 5.11 Å². The molecule has 1 aromatic rings. The number of rotatable bonds is 5. The molecule has 0 aliphatic rings. The van der Waals surface area contributed by atoms with Gasteiger partial charge in [0.15, 0.2) is 0 Å². The zero-order valence-corrected chi connectivity index (χ0v) is 10.1. The number of thiophene rings is 1. The molecule has 1 heterocycles. The van der Waals surface area contributed by atoms with E-state index < -0.39 is 12.0 Å². The number of carboxylic acids is 1. The minimum absolute atomic E-state index is 0.291. The lowest BCUT2D eigenvalue weighted by Crippen LogP contribution is -2.40. The van der Waals surface area contributed by atoms with Crippen molar-refractivity contribution in [1.82, 2.24) is 5.32 Å². The van der Waals surface area contributed by atoms with Crippen LogP contribution in [0.25, 0.3) is 0 Å². The third kappa shape index (κ3) is 2.82. The third-order valence-electron chi connectivity index (χ3n) is 2.35. The highest BCUT2D eigenvalue weighted by Gasteiger charge is 2.20. The van der Waals surface area contributed by atoms with Gasteiger partial charge in [-0.05, 0) is 29.9 Å². The summed E-state index contributed by atoms with van der Waals surface area (Å²) >= 11 is 1.34. The Morgan fingerprint density at radius 2 is 2.19 bits per heavy atom. The van der Waals surface area contributed by atoms with Gasteiger partial charge < -0.3 is 10.4 Å². The number of nitrogens with one attached hydrogen (secondary N) is 1. The summed E-state index contributed by atoms with van der Waals surface area (Å²) in [6.45, 7) is 3.70. The van der Waals surface area contributed by atoms with E-state index in [0.717, 1.165) is 12.0 Å². The maximum Gasteiger partial charge on any atom is 0.326 e. The number of hydrogen-bond donors (Lipinski definition) is 2. The van der Waals surface area contributed by atoms with Crippen molar-refractivity contribution < 1.29 is 14.7 Å². The van der Waals surface area contributed by atoms with Gasteiger partial charge in [0.05, 0.1) is 4.88 Å². The van der Waals surface area contributed by atoms with Gasteiger partial charge in [-0.25, -0.2) is 4.79 Å². The van der Waals surface area contributed by atoms with E-state index in [9.17, 15) is 9.59 Å². The van der Waals surface area contributed by atoms with Crippen LogP contribution in [0.3, 0.4) is 0 Å². The number of aliphatic carboxylic acids is 1. The molecule has 5 heteroatoms. The number of carbonyl (C=O) groups is 2. The molecule has 0 saturated heterocycles. The Morgan fingerprint density at radius 1 is 1.50 bits per heavy atom. The normalized spacial score (nSPS) is 12.1. The Hall–Kier alpha value is -1.36. The van der Waals surface area contributed by atoms with E-state index in [2.05, 4.69) is 5.32 Å². The first kappa shape index (κ1) is 12.7. The topological polar surface area (TPSA) is 66.4 Å². The van der Waals surface area contributed by atoms with Crippen molar-refractivity contribution in [3.8, 4) is 0 Å². The molecule has 1 atom stereocenters. The Balaban J connectivity index is 2.75. The lowest BCUT2D eigenvalue weighted by molar-refractivity contribution is -0.139. The monoisotopic (exact) mass is 241 g/mol. The van der Waals surface area contributed by atoms with E-state index in [0.29, 0.717) is 11.3 Å². The van der Waals surface area contributed by atoms with Crippen LogP contribution < -0.4 is 5.32 Å². The first-order valence-electron chi connectivity index (χ1n) is 5.20. The molecule has 1 rings (SSSR count). The third-order valence-corrected chi connectivity index (χ3v) is 3.30. The summed E-state index contributed by atoms with van der Waals surface area (Å²) in [7, 11) is 0. The highest BCUT2D eigenvalue weighted by molar-refractivity contribution is 7.12. The van der Waals surface area contributed by atoms with Crippen LogP contribution in [0.15, 0.2) is 11.4 Å². The summed E-state index contributed by atoms with van der Waals surface area (Å²) < 4.78 is 0. The molecule has 0 spiro atoms. The van der Waals surface area contributed by atoms with E-state index in [1.165, 1.54) is 11.3 Å². The zero-order chi connectivity index (χ0) is 12.1. The molecule has 2 N–H and O–H groups in total. The van der Waals surface area contributed by atoms with Crippen molar-refractivity contribution in [2.45, 2.75) is 32.7 Å². The first-order valence-corrected chi connectivity index (χ1v) is 6.08. The van der Waals surface area contributed by atoms with Crippen molar-refractivity contribution in [3.63, 3.8) is 0 Å². The molecule has 1 aromatic heterocycles. The summed E-state index contributed by atoms with van der Waals surface area (Å²) in [4.78, 5) is 23.2. The van der Waals surface area contributed by atoms with Gasteiger partial charge in [-0.1, -0.05) is 13.8 Å². The van der Waals surface area contributed by atoms with Crippen LogP contribution in [-0.4, -0.2) is 23.0 Å². The van der Waals surface area contributed by atoms with Gasteiger partial charge in [-0.3, -0.25) is 4.79 Å². The molecule has 16 heavy (non-hydrogen) atoms. The fourth-order valence-electron chi connectivity index (χ4n) is 1.38. The van der Waals surface area contributed by atoms with Crippen LogP contribution in [0.2, 0.25) is 0 Å². The number of aryl methyl sites for hydroxylation is 1. The van der Waals surface area contributed by atoms with Crippen LogP contribution in [0, 0.1) is 0 Å². The van der Waals surface area contributed by atoms with Crippen molar-refractivity contribution in [2.75, 3.05) is 0 Å². The van der Waals surface area contributed by atoms with Gasteiger partial charge >= 0.3 is 5.97 Å². The molecule has 0 saturated carbocycles. The molecule has 1 amide bonds. The smallest absolute Gasteiger partial charge is 0.326 e. The SMILES string of the molecule is CCc1ccsc1C(=O)NC(CC)C(=O)O. The van der Waals surface area contributed by atoms with Gasteiger partial charge in [-0.15, -0.1) is 11.3 Å². The Kier molecular flexibility index (Phi) is 4.49. The molecule has 0 aliphatic heterocycles. The summed E-state index contributed by atoms with van der Waals surface area (Å²) in [5.74, 6) is -1.29. The number of amides is 1. The summed E-state index contributed by atoms with van der Waals surface area (Å²) in [5, 5.41) is 13.2. The molecule has 4 nitrogen and oxygen atoms in total. The predicted octanol–water partition coefficient (Wildman–Crippen LogP) is 1.90. The van der Waals surface area contributed by atoms with Crippen LogP contribution in [-0.2, 0) is 11.2 Å². The molecule has 1 unspecified atom stereocenters. The standard InChI is InChI=1S/C11H15NO3S/c1-3-7-5-6-16-9(7)10(13)12-8(4-2)11(14)15/h5-6,8H,3-4H2,1-2H3,(H,12,13)(H,14,15). The molecule has 88 valence electrons. The second kappa shape index (κ2) is 5.65. The van der Waals surface area contributed by atoms with Crippen molar-refractivity contribution in [2.24, 2.45) is 0 Å². The van der Waals surface area contributed by atoms with Crippen molar-refractivity contribution in [3.05, 3.63) is 21.9 Å². The van der Waals surface area contributed by atoms with E-state index in [1.807, 2.05) is 18.4 Å². The van der Waals surface area contributed by atoms with E-state index in [-0.39, 0.29) is 5.91 Å². The molecule has 0 fully saturated rings. The largest absolute Gasteiger partial charge is 0.480 e. The average Bonchev–Trinajstić information content (AvgIpc) is 2.72. The van der Waals surface area contributed by atoms with E-state index >= 15 is 0 Å². The average molecular weight is 241 g/mol. The summed E-state index contributed by atoms with van der Waals surface area (Å²) in [6, 6.07) is 1.08. The Morgan fingerprint density at radius 3 is 2.69 bits per heavy atom. The highest BCUT2D eigenvalue weighted by atomic mass is 32.1. The van der Waals surface area contributed by atoms with Crippen molar-refractivity contribution >= 4 is 23.2 Å². The number of carboxylic acid groups (broad SMARTS) is 1. The number of hydrogen-bond acceptors (Lipinski definition) is 3.